The Balaban J connectivity index is 3.07. The second-order valence-electron chi connectivity index (χ2n) is 2.88. The molecule has 0 saturated carbocycles. The third-order valence-electron chi connectivity index (χ3n) is 1.94. The van der Waals surface area contributed by atoms with Gasteiger partial charge >= 0.3 is 0 Å². The van der Waals surface area contributed by atoms with E-state index in [2.05, 4.69) is 10.6 Å². The van der Waals surface area contributed by atoms with Crippen molar-refractivity contribution in [3.63, 3.8) is 0 Å². The third kappa shape index (κ3) is 2.20. The Labute approximate surface area is 82.3 Å². The molecular formula is C9H13N3O2. The van der Waals surface area contributed by atoms with Gasteiger partial charge < -0.3 is 10.6 Å². The molecule has 0 heterocycles. The lowest BCUT2D eigenvalue weighted by atomic mass is 10.1. The fourth-order valence-electron chi connectivity index (χ4n) is 1.27. The van der Waals surface area contributed by atoms with Crippen LogP contribution in [0.3, 0.4) is 0 Å². The van der Waals surface area contributed by atoms with Crippen LogP contribution in [0.4, 0.5) is 11.4 Å². The molecule has 0 saturated heterocycles. The number of anilines is 1. The van der Waals surface area contributed by atoms with Crippen LogP contribution in [0.1, 0.15) is 5.56 Å². The molecule has 0 aromatic heterocycles. The topological polar surface area (TPSA) is 67.2 Å². The second kappa shape index (κ2) is 4.57. The van der Waals surface area contributed by atoms with Crippen LogP contribution >= 0.6 is 0 Å². The van der Waals surface area contributed by atoms with E-state index in [9.17, 15) is 10.1 Å². The van der Waals surface area contributed by atoms with Crippen LogP contribution in [0, 0.1) is 10.1 Å². The highest BCUT2D eigenvalue weighted by molar-refractivity contribution is 5.55. The van der Waals surface area contributed by atoms with Crippen molar-refractivity contribution in [2.45, 2.75) is 6.54 Å². The molecule has 5 nitrogen and oxygen atoms in total. The molecule has 0 aliphatic carbocycles. The van der Waals surface area contributed by atoms with Crippen LogP contribution in [0.15, 0.2) is 18.2 Å². The summed E-state index contributed by atoms with van der Waals surface area (Å²) < 4.78 is 0. The first kappa shape index (κ1) is 10.5. The zero-order valence-electron chi connectivity index (χ0n) is 8.20. The molecule has 0 unspecified atom stereocenters. The summed E-state index contributed by atoms with van der Waals surface area (Å²) in [6.07, 6.45) is 0. The number of nitrogens with zero attached hydrogens (tertiary/aromatic N) is 1. The molecule has 1 aromatic carbocycles. The Bertz CT molecular complexity index is 339. The van der Waals surface area contributed by atoms with Gasteiger partial charge in [0.2, 0.25) is 0 Å². The van der Waals surface area contributed by atoms with Crippen LogP contribution in [0.25, 0.3) is 0 Å². The first-order chi connectivity index (χ1) is 6.69. The van der Waals surface area contributed by atoms with Crippen LogP contribution in [0.2, 0.25) is 0 Å². The zero-order valence-corrected chi connectivity index (χ0v) is 8.20. The summed E-state index contributed by atoms with van der Waals surface area (Å²) in [6.45, 7) is 0.609. The number of non-ortho nitro benzene ring substituents is 1. The SMILES string of the molecule is CNCc1cc([N+](=O)[O-])ccc1NC. The Morgan fingerprint density at radius 3 is 2.64 bits per heavy atom. The minimum Gasteiger partial charge on any atom is -0.388 e. The molecule has 0 radical (unpaired) electrons. The maximum absolute atomic E-state index is 10.5. The van der Waals surface area contributed by atoms with Crippen LogP contribution < -0.4 is 10.6 Å². The zero-order chi connectivity index (χ0) is 10.6. The van der Waals surface area contributed by atoms with E-state index in [1.807, 2.05) is 0 Å². The van der Waals surface area contributed by atoms with E-state index in [0.29, 0.717) is 6.54 Å². The summed E-state index contributed by atoms with van der Waals surface area (Å²) in [5.74, 6) is 0. The third-order valence-corrected chi connectivity index (χ3v) is 1.94. The van der Waals surface area contributed by atoms with Crippen molar-refractivity contribution in [1.82, 2.24) is 5.32 Å². The van der Waals surface area contributed by atoms with E-state index in [1.165, 1.54) is 6.07 Å². The summed E-state index contributed by atoms with van der Waals surface area (Å²) in [5, 5.41) is 16.5. The molecule has 0 atom stereocenters. The Morgan fingerprint density at radius 2 is 2.14 bits per heavy atom. The maximum atomic E-state index is 10.5. The summed E-state index contributed by atoms with van der Waals surface area (Å²) in [6, 6.07) is 4.78. The average molecular weight is 195 g/mol. The van der Waals surface area contributed by atoms with Crippen molar-refractivity contribution >= 4 is 11.4 Å². The monoisotopic (exact) mass is 195 g/mol. The van der Waals surface area contributed by atoms with Crippen LogP contribution in [-0.2, 0) is 6.54 Å². The largest absolute Gasteiger partial charge is 0.388 e. The van der Waals surface area contributed by atoms with Crippen molar-refractivity contribution < 1.29 is 4.92 Å². The Kier molecular flexibility index (Phi) is 3.41. The van der Waals surface area contributed by atoms with E-state index >= 15 is 0 Å². The summed E-state index contributed by atoms with van der Waals surface area (Å²) in [7, 11) is 3.60. The lowest BCUT2D eigenvalue weighted by Gasteiger charge is -2.07. The van der Waals surface area contributed by atoms with Gasteiger partial charge in [-0.2, -0.15) is 0 Å². The molecule has 1 rings (SSSR count). The molecule has 0 fully saturated rings. The average Bonchev–Trinajstić information content (AvgIpc) is 2.18. The van der Waals surface area contributed by atoms with E-state index in [4.69, 9.17) is 0 Å². The smallest absolute Gasteiger partial charge is 0.269 e. The van der Waals surface area contributed by atoms with Gasteiger partial charge in [-0.05, 0) is 18.7 Å². The second-order valence-corrected chi connectivity index (χ2v) is 2.88. The molecule has 0 aliphatic heterocycles. The predicted molar refractivity (Wildman–Crippen MR) is 55.4 cm³/mol. The molecule has 1 aromatic rings. The summed E-state index contributed by atoms with van der Waals surface area (Å²) >= 11 is 0. The van der Waals surface area contributed by atoms with Crippen molar-refractivity contribution in [2.75, 3.05) is 19.4 Å². The lowest BCUT2D eigenvalue weighted by Crippen LogP contribution is -2.08. The molecule has 2 N–H and O–H groups in total. The van der Waals surface area contributed by atoms with E-state index in [0.717, 1.165) is 11.3 Å². The van der Waals surface area contributed by atoms with Gasteiger partial charge in [0.05, 0.1) is 4.92 Å². The summed E-state index contributed by atoms with van der Waals surface area (Å²) in [4.78, 5) is 10.1. The first-order valence-electron chi connectivity index (χ1n) is 4.28. The molecule has 0 amide bonds. The molecule has 5 heteroatoms. The fourth-order valence-corrected chi connectivity index (χ4v) is 1.27. The Hall–Kier alpha value is -1.62. The van der Waals surface area contributed by atoms with Gasteiger partial charge in [0.1, 0.15) is 0 Å². The van der Waals surface area contributed by atoms with Gasteiger partial charge in [-0.25, -0.2) is 0 Å². The lowest BCUT2D eigenvalue weighted by molar-refractivity contribution is -0.384. The maximum Gasteiger partial charge on any atom is 0.269 e. The normalized spacial score (nSPS) is 9.86. The quantitative estimate of drug-likeness (QED) is 0.562. The molecule has 0 bridgehead atoms. The van der Waals surface area contributed by atoms with Gasteiger partial charge in [0, 0.05) is 31.4 Å². The number of rotatable bonds is 4. The number of hydrogen-bond donors (Lipinski definition) is 2. The van der Waals surface area contributed by atoms with E-state index in [-0.39, 0.29) is 5.69 Å². The first-order valence-corrected chi connectivity index (χ1v) is 4.28. The van der Waals surface area contributed by atoms with Crippen LogP contribution in [0.5, 0.6) is 0 Å². The van der Waals surface area contributed by atoms with E-state index in [1.54, 1.807) is 26.2 Å². The summed E-state index contributed by atoms with van der Waals surface area (Å²) in [5.41, 5.74) is 1.92. The molecule has 0 spiro atoms. The van der Waals surface area contributed by atoms with Crippen molar-refractivity contribution in [2.24, 2.45) is 0 Å². The minimum atomic E-state index is -0.390. The van der Waals surface area contributed by atoms with Crippen molar-refractivity contribution in [1.29, 1.82) is 0 Å². The fraction of sp³-hybridized carbons (Fsp3) is 0.333. The number of benzene rings is 1. The van der Waals surface area contributed by atoms with Gasteiger partial charge in [-0.1, -0.05) is 0 Å². The molecule has 14 heavy (non-hydrogen) atoms. The Morgan fingerprint density at radius 1 is 1.43 bits per heavy atom. The number of nitro benzene ring substituents is 1. The van der Waals surface area contributed by atoms with Gasteiger partial charge in [0.15, 0.2) is 0 Å². The molecule has 0 aliphatic rings. The van der Waals surface area contributed by atoms with Crippen molar-refractivity contribution in [3.8, 4) is 0 Å². The highest BCUT2D eigenvalue weighted by Crippen LogP contribution is 2.21. The highest BCUT2D eigenvalue weighted by atomic mass is 16.6. The van der Waals surface area contributed by atoms with Crippen molar-refractivity contribution in [3.05, 3.63) is 33.9 Å². The predicted octanol–water partition coefficient (Wildman–Crippen LogP) is 1.36. The minimum absolute atomic E-state index is 0.120. The van der Waals surface area contributed by atoms with Gasteiger partial charge in [-0.15, -0.1) is 0 Å². The standard InChI is InChI=1S/C9H13N3O2/c1-10-6-7-5-8(12(13)14)3-4-9(7)11-2/h3-5,10-11H,6H2,1-2H3. The molecule has 76 valence electrons. The van der Waals surface area contributed by atoms with E-state index < -0.39 is 4.92 Å². The number of hydrogen-bond acceptors (Lipinski definition) is 4. The van der Waals surface area contributed by atoms with Gasteiger partial charge in [-0.3, -0.25) is 10.1 Å². The van der Waals surface area contributed by atoms with Gasteiger partial charge in [0.25, 0.3) is 5.69 Å². The number of nitro groups is 1. The molecular weight excluding hydrogens is 182 g/mol. The highest BCUT2D eigenvalue weighted by Gasteiger charge is 2.08. The number of nitrogens with one attached hydrogen (secondary N) is 2. The van der Waals surface area contributed by atoms with Crippen LogP contribution in [-0.4, -0.2) is 19.0 Å².